The first-order valence-corrected chi connectivity index (χ1v) is 5.55. The van der Waals surface area contributed by atoms with Crippen LogP contribution in [0, 0.1) is 0 Å². The third kappa shape index (κ3) is 1.79. The van der Waals surface area contributed by atoms with Gasteiger partial charge in [-0.2, -0.15) is 0 Å². The highest BCUT2D eigenvalue weighted by atomic mass is 16.3. The maximum absolute atomic E-state index is 12.3. The number of hydrogen-bond acceptors (Lipinski definition) is 4. The Labute approximate surface area is 106 Å². The molecule has 94 valence electrons. The van der Waals surface area contributed by atoms with E-state index in [0.29, 0.717) is 11.1 Å². The minimum absolute atomic E-state index is 0.0872. The minimum Gasteiger partial charge on any atom is -0.508 e. The van der Waals surface area contributed by atoms with Crippen molar-refractivity contribution in [1.82, 2.24) is 14.8 Å². The van der Waals surface area contributed by atoms with Crippen molar-refractivity contribution in [3.8, 4) is 11.4 Å². The van der Waals surface area contributed by atoms with Crippen LogP contribution in [0.25, 0.3) is 16.5 Å². The van der Waals surface area contributed by atoms with Gasteiger partial charge in [-0.15, -0.1) is 0 Å². The molecule has 1 aromatic carbocycles. The van der Waals surface area contributed by atoms with Crippen LogP contribution in [0.4, 0.5) is 0 Å². The molecule has 0 fully saturated rings. The number of nitrogens with one attached hydrogen (secondary N) is 1. The lowest BCUT2D eigenvalue weighted by Gasteiger charge is -2.06. The average Bonchev–Trinajstić information content (AvgIpc) is 2.44. The van der Waals surface area contributed by atoms with Crippen molar-refractivity contribution < 1.29 is 5.11 Å². The normalized spacial score (nSPS) is 10.7. The molecule has 0 aliphatic rings. The molecule has 3 aromatic rings. The van der Waals surface area contributed by atoms with Crippen LogP contribution in [0.3, 0.4) is 0 Å². The van der Waals surface area contributed by atoms with Crippen LogP contribution in [0.5, 0.6) is 5.75 Å². The molecular formula is C13H9N3O3. The van der Waals surface area contributed by atoms with Crippen molar-refractivity contribution in [2.75, 3.05) is 0 Å². The van der Waals surface area contributed by atoms with Gasteiger partial charge in [-0.25, -0.2) is 4.68 Å². The number of rotatable bonds is 1. The number of benzene rings is 1. The SMILES string of the molecule is O=c1[nH]n(-c2ccc(O)cc2)c(=O)c2ccncc12. The summed E-state index contributed by atoms with van der Waals surface area (Å²) in [6.45, 7) is 0. The average molecular weight is 255 g/mol. The quantitative estimate of drug-likeness (QED) is 0.672. The predicted molar refractivity (Wildman–Crippen MR) is 69.6 cm³/mol. The van der Waals surface area contributed by atoms with Gasteiger partial charge in [-0.1, -0.05) is 0 Å². The molecule has 0 spiro atoms. The molecule has 0 saturated heterocycles. The standard InChI is InChI=1S/C13H9N3O3/c17-9-3-1-8(2-4-9)16-13(19)10-5-6-14-7-11(10)12(18)15-16/h1-7,17H,(H,15,18). The molecule has 3 rings (SSSR count). The number of hydrogen-bond donors (Lipinski definition) is 2. The lowest BCUT2D eigenvalue weighted by molar-refractivity contribution is 0.475. The second-order valence-corrected chi connectivity index (χ2v) is 4.02. The van der Waals surface area contributed by atoms with Crippen molar-refractivity contribution in [3.05, 3.63) is 63.4 Å². The molecule has 2 N–H and O–H groups in total. The van der Waals surface area contributed by atoms with Gasteiger partial charge in [-0.05, 0) is 30.3 Å². The number of fused-ring (bicyclic) bond motifs is 1. The van der Waals surface area contributed by atoms with E-state index in [1.165, 1.54) is 30.6 Å². The molecule has 0 unspecified atom stereocenters. The first kappa shape index (κ1) is 11.2. The molecule has 19 heavy (non-hydrogen) atoms. The summed E-state index contributed by atoms with van der Waals surface area (Å²) in [6.07, 6.45) is 2.82. The summed E-state index contributed by atoms with van der Waals surface area (Å²) >= 11 is 0. The number of phenols is 1. The molecule has 0 atom stereocenters. The first-order valence-electron chi connectivity index (χ1n) is 5.55. The van der Waals surface area contributed by atoms with Crippen LogP contribution in [-0.2, 0) is 0 Å². The Bertz CT molecular complexity index is 863. The molecular weight excluding hydrogens is 246 g/mol. The highest BCUT2D eigenvalue weighted by Crippen LogP contribution is 2.11. The fourth-order valence-electron chi connectivity index (χ4n) is 1.88. The zero-order valence-electron chi connectivity index (χ0n) is 9.70. The molecule has 2 aromatic heterocycles. The molecule has 6 nitrogen and oxygen atoms in total. The third-order valence-corrected chi connectivity index (χ3v) is 2.82. The lowest BCUT2D eigenvalue weighted by Crippen LogP contribution is -2.28. The molecule has 0 saturated carbocycles. The summed E-state index contributed by atoms with van der Waals surface area (Å²) in [5.41, 5.74) is -0.267. The highest BCUT2D eigenvalue weighted by molar-refractivity contribution is 5.79. The fraction of sp³-hybridized carbons (Fsp3) is 0. The van der Waals surface area contributed by atoms with E-state index in [1.54, 1.807) is 12.1 Å². The minimum atomic E-state index is -0.393. The second kappa shape index (κ2) is 4.09. The fourth-order valence-corrected chi connectivity index (χ4v) is 1.88. The number of nitrogens with zero attached hydrogens (tertiary/aromatic N) is 2. The summed E-state index contributed by atoms with van der Waals surface area (Å²) < 4.78 is 1.14. The summed E-state index contributed by atoms with van der Waals surface area (Å²) in [7, 11) is 0. The second-order valence-electron chi connectivity index (χ2n) is 4.02. The van der Waals surface area contributed by atoms with Crippen molar-refractivity contribution in [2.45, 2.75) is 0 Å². The van der Waals surface area contributed by atoms with E-state index in [4.69, 9.17) is 0 Å². The Morgan fingerprint density at radius 1 is 1.05 bits per heavy atom. The van der Waals surface area contributed by atoms with Crippen LogP contribution in [-0.4, -0.2) is 19.9 Å². The number of aromatic nitrogens is 3. The molecule has 0 aliphatic heterocycles. The van der Waals surface area contributed by atoms with Gasteiger partial charge in [0.15, 0.2) is 0 Å². The number of H-pyrrole nitrogens is 1. The van der Waals surface area contributed by atoms with Crippen molar-refractivity contribution >= 4 is 10.8 Å². The lowest BCUT2D eigenvalue weighted by atomic mass is 10.2. The molecule has 0 bridgehead atoms. The molecule has 6 heteroatoms. The van der Waals surface area contributed by atoms with Gasteiger partial charge in [-0.3, -0.25) is 19.7 Å². The van der Waals surface area contributed by atoms with Gasteiger partial charge in [0.05, 0.1) is 16.5 Å². The van der Waals surface area contributed by atoms with E-state index in [-0.39, 0.29) is 16.7 Å². The molecule has 0 amide bonds. The van der Waals surface area contributed by atoms with Gasteiger partial charge < -0.3 is 5.11 Å². The van der Waals surface area contributed by atoms with E-state index in [1.807, 2.05) is 0 Å². The zero-order valence-corrected chi connectivity index (χ0v) is 9.70. The van der Waals surface area contributed by atoms with Crippen LogP contribution in [0.2, 0.25) is 0 Å². The summed E-state index contributed by atoms with van der Waals surface area (Å²) in [6, 6.07) is 7.47. The largest absolute Gasteiger partial charge is 0.508 e. The van der Waals surface area contributed by atoms with Crippen LogP contribution in [0.15, 0.2) is 52.3 Å². The van der Waals surface area contributed by atoms with Gasteiger partial charge in [0.2, 0.25) is 0 Å². The number of aromatic hydroxyl groups is 1. The summed E-state index contributed by atoms with van der Waals surface area (Å²) in [4.78, 5) is 28.0. The highest BCUT2D eigenvalue weighted by Gasteiger charge is 2.08. The van der Waals surface area contributed by atoms with Crippen molar-refractivity contribution in [1.29, 1.82) is 0 Å². The monoisotopic (exact) mass is 255 g/mol. The maximum atomic E-state index is 12.3. The van der Waals surface area contributed by atoms with Crippen LogP contribution < -0.4 is 11.1 Å². The summed E-state index contributed by atoms with van der Waals surface area (Å²) in [5, 5.41) is 12.3. The predicted octanol–water partition coefficient (Wildman–Crippen LogP) is 0.780. The maximum Gasteiger partial charge on any atom is 0.277 e. The molecule has 0 radical (unpaired) electrons. The zero-order chi connectivity index (χ0) is 13.4. The Morgan fingerprint density at radius 3 is 2.53 bits per heavy atom. The Balaban J connectivity index is 2.37. The van der Waals surface area contributed by atoms with E-state index in [2.05, 4.69) is 10.1 Å². The Morgan fingerprint density at radius 2 is 1.79 bits per heavy atom. The number of phenolic OH excluding ortho intramolecular Hbond substituents is 1. The first-order chi connectivity index (χ1) is 9.16. The van der Waals surface area contributed by atoms with E-state index < -0.39 is 5.56 Å². The summed E-state index contributed by atoms with van der Waals surface area (Å²) in [5.74, 6) is 0.0872. The van der Waals surface area contributed by atoms with Gasteiger partial charge in [0, 0.05) is 12.4 Å². The van der Waals surface area contributed by atoms with Crippen molar-refractivity contribution in [3.63, 3.8) is 0 Å². The topological polar surface area (TPSA) is 88.0 Å². The Kier molecular flexibility index (Phi) is 2.42. The van der Waals surface area contributed by atoms with Gasteiger partial charge in [0.25, 0.3) is 11.1 Å². The Hall–Kier alpha value is -2.89. The van der Waals surface area contributed by atoms with Crippen LogP contribution >= 0.6 is 0 Å². The molecule has 2 heterocycles. The van der Waals surface area contributed by atoms with Crippen LogP contribution in [0.1, 0.15) is 0 Å². The number of pyridine rings is 1. The smallest absolute Gasteiger partial charge is 0.277 e. The third-order valence-electron chi connectivity index (χ3n) is 2.82. The van der Waals surface area contributed by atoms with Crippen molar-refractivity contribution in [2.24, 2.45) is 0 Å². The van der Waals surface area contributed by atoms with E-state index >= 15 is 0 Å². The van der Waals surface area contributed by atoms with E-state index in [9.17, 15) is 14.7 Å². The van der Waals surface area contributed by atoms with Gasteiger partial charge in [0.1, 0.15) is 5.75 Å². The number of aromatic amines is 1. The van der Waals surface area contributed by atoms with E-state index in [0.717, 1.165) is 4.68 Å². The van der Waals surface area contributed by atoms with Gasteiger partial charge >= 0.3 is 0 Å². The molecule has 0 aliphatic carbocycles.